The van der Waals surface area contributed by atoms with E-state index in [0.29, 0.717) is 19.0 Å². The second-order valence-electron chi connectivity index (χ2n) is 4.70. The van der Waals surface area contributed by atoms with Gasteiger partial charge in [0.25, 0.3) is 0 Å². The molecule has 0 aromatic carbocycles. The van der Waals surface area contributed by atoms with E-state index in [0.717, 1.165) is 15.3 Å². The lowest BCUT2D eigenvalue weighted by Gasteiger charge is -2.02. The molecule has 2 aromatic heterocycles. The van der Waals surface area contributed by atoms with Crippen molar-refractivity contribution >= 4 is 28.2 Å². The number of hydrogen-bond donors (Lipinski definition) is 1. The van der Waals surface area contributed by atoms with Gasteiger partial charge in [0, 0.05) is 19.6 Å². The van der Waals surface area contributed by atoms with Crippen LogP contribution in [0.3, 0.4) is 0 Å². The second kappa shape index (κ2) is 7.71. The highest BCUT2D eigenvalue weighted by atomic mass is 32.2. The summed E-state index contributed by atoms with van der Waals surface area (Å²) in [6, 6.07) is 0. The van der Waals surface area contributed by atoms with E-state index in [2.05, 4.69) is 25.7 Å². The van der Waals surface area contributed by atoms with Crippen LogP contribution in [0.1, 0.15) is 43.7 Å². The van der Waals surface area contributed by atoms with Gasteiger partial charge in [-0.05, 0) is 6.92 Å². The average Bonchev–Trinajstić information content (AvgIpc) is 3.08. The van der Waals surface area contributed by atoms with Crippen molar-refractivity contribution in [2.45, 2.75) is 36.3 Å². The number of aromatic nitrogens is 4. The predicted octanol–water partition coefficient (Wildman–Crippen LogP) is 2.96. The molecule has 116 valence electrons. The quantitative estimate of drug-likeness (QED) is 0.584. The molecule has 9 heteroatoms. The lowest BCUT2D eigenvalue weighted by molar-refractivity contribution is 0.211. The van der Waals surface area contributed by atoms with Gasteiger partial charge in [-0.25, -0.2) is 0 Å². The van der Waals surface area contributed by atoms with Crippen LogP contribution in [0.4, 0.5) is 5.13 Å². The highest BCUT2D eigenvalue weighted by Gasteiger charge is 2.19. The maximum Gasteiger partial charge on any atom is 0.239 e. The SMILES string of the molecule is COCCNc1nnc(SC(C)c2nc(C(C)C)no2)s1. The number of ether oxygens (including phenoxy) is 1. The number of hydrogen-bond acceptors (Lipinski definition) is 9. The molecule has 0 amide bonds. The van der Waals surface area contributed by atoms with E-state index in [1.54, 1.807) is 18.9 Å². The van der Waals surface area contributed by atoms with E-state index in [9.17, 15) is 0 Å². The van der Waals surface area contributed by atoms with E-state index in [4.69, 9.17) is 9.26 Å². The van der Waals surface area contributed by atoms with Gasteiger partial charge >= 0.3 is 0 Å². The zero-order chi connectivity index (χ0) is 15.2. The highest BCUT2D eigenvalue weighted by Crippen LogP contribution is 2.36. The van der Waals surface area contributed by atoms with Gasteiger partial charge in [-0.15, -0.1) is 10.2 Å². The summed E-state index contributed by atoms with van der Waals surface area (Å²) in [6.45, 7) is 7.44. The van der Waals surface area contributed by atoms with Crippen LogP contribution in [0.25, 0.3) is 0 Å². The Bertz CT molecular complexity index is 557. The van der Waals surface area contributed by atoms with Crippen LogP contribution >= 0.6 is 23.1 Å². The van der Waals surface area contributed by atoms with Crippen LogP contribution in [-0.2, 0) is 4.74 Å². The Hall–Kier alpha value is -1.19. The van der Waals surface area contributed by atoms with Gasteiger partial charge in [0.15, 0.2) is 10.2 Å². The zero-order valence-corrected chi connectivity index (χ0v) is 14.1. The van der Waals surface area contributed by atoms with Gasteiger partial charge in [0.1, 0.15) is 0 Å². The van der Waals surface area contributed by atoms with Crippen molar-refractivity contribution in [3.8, 4) is 0 Å². The van der Waals surface area contributed by atoms with Gasteiger partial charge in [-0.1, -0.05) is 42.1 Å². The van der Waals surface area contributed by atoms with Crippen molar-refractivity contribution in [1.29, 1.82) is 0 Å². The molecule has 0 radical (unpaired) electrons. The molecule has 0 fully saturated rings. The minimum Gasteiger partial charge on any atom is -0.383 e. The molecular weight excluding hydrogens is 310 g/mol. The Kier molecular flexibility index (Phi) is 5.95. The molecule has 1 unspecified atom stereocenters. The molecule has 0 spiro atoms. The summed E-state index contributed by atoms with van der Waals surface area (Å²) < 4.78 is 11.1. The molecule has 2 aromatic rings. The standard InChI is InChI=1S/C12H19N5O2S2/c1-7(2)9-14-10(19-17-9)8(3)20-12-16-15-11(21-12)13-5-6-18-4/h7-8H,5-6H2,1-4H3,(H,13,15). The lowest BCUT2D eigenvalue weighted by Crippen LogP contribution is -2.06. The third kappa shape index (κ3) is 4.65. The van der Waals surface area contributed by atoms with Gasteiger partial charge in [-0.2, -0.15) is 4.98 Å². The summed E-state index contributed by atoms with van der Waals surface area (Å²) in [5.41, 5.74) is 0. The summed E-state index contributed by atoms with van der Waals surface area (Å²) in [7, 11) is 1.67. The number of nitrogens with one attached hydrogen (secondary N) is 1. The topological polar surface area (TPSA) is 86.0 Å². The van der Waals surface area contributed by atoms with Crippen molar-refractivity contribution in [2.24, 2.45) is 0 Å². The molecule has 0 aliphatic carbocycles. The van der Waals surface area contributed by atoms with E-state index in [1.165, 1.54) is 11.3 Å². The summed E-state index contributed by atoms with van der Waals surface area (Å²) >= 11 is 3.06. The fourth-order valence-corrected chi connectivity index (χ4v) is 3.39. The highest BCUT2D eigenvalue weighted by molar-refractivity contribution is 8.01. The fourth-order valence-electron chi connectivity index (χ4n) is 1.44. The third-order valence-electron chi connectivity index (χ3n) is 2.59. The first-order valence-electron chi connectivity index (χ1n) is 6.66. The molecule has 2 rings (SSSR count). The first-order chi connectivity index (χ1) is 10.1. The number of thioether (sulfide) groups is 1. The maximum atomic E-state index is 5.29. The van der Waals surface area contributed by atoms with E-state index in [1.807, 2.05) is 20.8 Å². The fraction of sp³-hybridized carbons (Fsp3) is 0.667. The first kappa shape index (κ1) is 16.2. The van der Waals surface area contributed by atoms with E-state index in [-0.39, 0.29) is 11.2 Å². The zero-order valence-electron chi connectivity index (χ0n) is 12.5. The molecular formula is C12H19N5O2S2. The lowest BCUT2D eigenvalue weighted by atomic mass is 10.2. The maximum absolute atomic E-state index is 5.29. The summed E-state index contributed by atoms with van der Waals surface area (Å²) in [6.07, 6.45) is 0. The first-order valence-corrected chi connectivity index (χ1v) is 8.36. The normalized spacial score (nSPS) is 12.8. The van der Waals surface area contributed by atoms with Crippen molar-refractivity contribution < 1.29 is 9.26 Å². The minimum atomic E-state index is 0.0461. The molecule has 0 saturated heterocycles. The molecule has 1 atom stereocenters. The van der Waals surface area contributed by atoms with Crippen LogP contribution in [0.15, 0.2) is 8.86 Å². The Morgan fingerprint density at radius 3 is 2.81 bits per heavy atom. The summed E-state index contributed by atoms with van der Waals surface area (Å²) in [5.74, 6) is 1.61. The molecule has 1 N–H and O–H groups in total. The van der Waals surface area contributed by atoms with Crippen LogP contribution in [-0.4, -0.2) is 40.6 Å². The molecule has 0 saturated carbocycles. The molecule has 0 aliphatic heterocycles. The Labute approximate surface area is 131 Å². The molecule has 21 heavy (non-hydrogen) atoms. The van der Waals surface area contributed by atoms with Crippen molar-refractivity contribution in [1.82, 2.24) is 20.3 Å². The largest absolute Gasteiger partial charge is 0.383 e. The number of rotatable bonds is 8. The minimum absolute atomic E-state index is 0.0461. The van der Waals surface area contributed by atoms with Crippen LogP contribution in [0.2, 0.25) is 0 Å². The molecule has 0 aliphatic rings. The third-order valence-corrected chi connectivity index (χ3v) is 4.64. The van der Waals surface area contributed by atoms with Crippen molar-refractivity contribution in [3.05, 3.63) is 11.7 Å². The number of methoxy groups -OCH3 is 1. The smallest absolute Gasteiger partial charge is 0.239 e. The predicted molar refractivity (Wildman–Crippen MR) is 82.9 cm³/mol. The molecule has 7 nitrogen and oxygen atoms in total. The number of anilines is 1. The summed E-state index contributed by atoms with van der Waals surface area (Å²) in [5, 5.41) is 16.2. The Morgan fingerprint density at radius 1 is 1.33 bits per heavy atom. The Balaban J connectivity index is 1.91. The van der Waals surface area contributed by atoms with Crippen LogP contribution < -0.4 is 5.32 Å². The van der Waals surface area contributed by atoms with Crippen LogP contribution in [0.5, 0.6) is 0 Å². The van der Waals surface area contributed by atoms with Gasteiger partial charge in [0.05, 0.1) is 11.9 Å². The van der Waals surface area contributed by atoms with Gasteiger partial charge in [-0.3, -0.25) is 0 Å². The van der Waals surface area contributed by atoms with Gasteiger partial charge < -0.3 is 14.6 Å². The van der Waals surface area contributed by atoms with Crippen molar-refractivity contribution in [3.63, 3.8) is 0 Å². The number of nitrogens with zero attached hydrogens (tertiary/aromatic N) is 4. The Morgan fingerprint density at radius 2 is 2.14 bits per heavy atom. The molecule has 0 bridgehead atoms. The van der Waals surface area contributed by atoms with E-state index < -0.39 is 0 Å². The second-order valence-corrected chi connectivity index (χ2v) is 7.26. The summed E-state index contributed by atoms with van der Waals surface area (Å²) in [4.78, 5) is 4.40. The van der Waals surface area contributed by atoms with Crippen molar-refractivity contribution in [2.75, 3.05) is 25.6 Å². The average molecular weight is 329 g/mol. The molecule has 2 heterocycles. The van der Waals surface area contributed by atoms with Gasteiger partial charge in [0.2, 0.25) is 11.0 Å². The van der Waals surface area contributed by atoms with E-state index >= 15 is 0 Å². The monoisotopic (exact) mass is 329 g/mol. The van der Waals surface area contributed by atoms with Crippen LogP contribution in [0, 0.1) is 0 Å².